The summed E-state index contributed by atoms with van der Waals surface area (Å²) < 4.78 is 0. The number of fused-ring (bicyclic) bond motifs is 1. The van der Waals surface area contributed by atoms with Crippen molar-refractivity contribution in [2.24, 2.45) is 0 Å². The van der Waals surface area contributed by atoms with Gasteiger partial charge in [0.15, 0.2) is 11.6 Å². The molecule has 2 aromatic heterocycles. The second kappa shape index (κ2) is 5.69. The highest BCUT2D eigenvalue weighted by Crippen LogP contribution is 2.19. The van der Waals surface area contributed by atoms with E-state index < -0.39 is 5.92 Å². The second-order valence-electron chi connectivity index (χ2n) is 4.41. The topological polar surface area (TPSA) is 77.4 Å². The number of aromatic nitrogens is 3. The van der Waals surface area contributed by atoms with Crippen LogP contribution in [0.3, 0.4) is 0 Å². The van der Waals surface area contributed by atoms with E-state index in [9.17, 15) is 5.26 Å². The first-order chi connectivity index (χ1) is 10.3. The largest absolute Gasteiger partial charge is 0.349 e. The summed E-state index contributed by atoms with van der Waals surface area (Å²) in [4.78, 5) is 12.0. The molecule has 1 atom stereocenters. The average molecular weight is 293 g/mol. The summed E-state index contributed by atoms with van der Waals surface area (Å²) in [5.41, 5.74) is 2.21. The van der Waals surface area contributed by atoms with E-state index in [2.05, 4.69) is 26.3 Å². The second-order valence-corrected chi connectivity index (χ2v) is 4.85. The minimum Gasteiger partial charge on any atom is -0.349 e. The maximum absolute atomic E-state index is 9.40. The Morgan fingerprint density at radius 2 is 2.05 bits per heavy atom. The monoisotopic (exact) mass is 293 g/mol. The number of imidazole rings is 1. The van der Waals surface area contributed by atoms with Crippen molar-refractivity contribution in [3.8, 4) is 6.07 Å². The van der Waals surface area contributed by atoms with E-state index in [1.54, 1.807) is 6.20 Å². The van der Waals surface area contributed by atoms with Gasteiger partial charge in [0.25, 0.3) is 0 Å². The van der Waals surface area contributed by atoms with Gasteiger partial charge in [0, 0.05) is 11.9 Å². The number of nitrogens with one attached hydrogen (secondary N) is 2. The lowest BCUT2D eigenvalue weighted by Crippen LogP contribution is -2.18. The predicted octanol–water partition coefficient (Wildman–Crippen LogP) is 3.00. The van der Waals surface area contributed by atoms with E-state index in [-0.39, 0.29) is 0 Å². The number of nitrogens with zero attached hydrogens (tertiary/aromatic N) is 3. The summed E-state index contributed by atoms with van der Waals surface area (Å²) >= 11 is 5.33. The molecule has 0 spiro atoms. The van der Waals surface area contributed by atoms with Crippen molar-refractivity contribution in [2.45, 2.75) is 5.92 Å². The number of hydrogen-bond acceptors (Lipinski definition) is 4. The number of anilines is 1. The Kier molecular flexibility index (Phi) is 3.58. The normalized spacial score (nSPS) is 11.8. The maximum atomic E-state index is 9.40. The maximum Gasteiger partial charge on any atom is 0.177 e. The molecule has 0 aliphatic rings. The van der Waals surface area contributed by atoms with E-state index in [1.807, 2.05) is 42.5 Å². The summed E-state index contributed by atoms with van der Waals surface area (Å²) in [5, 5.41) is 12.5. The van der Waals surface area contributed by atoms with Gasteiger partial charge in [0.2, 0.25) is 0 Å². The molecule has 21 heavy (non-hydrogen) atoms. The first-order valence-electron chi connectivity index (χ1n) is 6.34. The van der Waals surface area contributed by atoms with Crippen molar-refractivity contribution < 1.29 is 0 Å². The molecule has 0 aliphatic heterocycles. The molecule has 0 saturated heterocycles. The van der Waals surface area contributed by atoms with Gasteiger partial charge >= 0.3 is 0 Å². The van der Waals surface area contributed by atoms with Crippen molar-refractivity contribution in [3.63, 3.8) is 0 Å². The summed E-state index contributed by atoms with van der Waals surface area (Å²) in [7, 11) is 0. The SMILES string of the molecule is N#CC(C(=S)Nc1ccccc1)c1nc2ncccc2[nH]1. The number of para-hydroxylation sites is 1. The summed E-state index contributed by atoms with van der Waals surface area (Å²) in [6, 6.07) is 15.3. The first kappa shape index (κ1) is 13.2. The molecule has 5 nitrogen and oxygen atoms in total. The molecule has 0 amide bonds. The van der Waals surface area contributed by atoms with Gasteiger partial charge in [-0.1, -0.05) is 30.4 Å². The molecule has 3 rings (SSSR count). The molecule has 0 bridgehead atoms. The highest BCUT2D eigenvalue weighted by molar-refractivity contribution is 7.80. The van der Waals surface area contributed by atoms with E-state index in [4.69, 9.17) is 12.2 Å². The molecule has 0 saturated carbocycles. The van der Waals surface area contributed by atoms with Crippen molar-refractivity contribution in [1.82, 2.24) is 15.0 Å². The zero-order valence-corrected chi connectivity index (χ0v) is 11.8. The lowest BCUT2D eigenvalue weighted by atomic mass is 10.1. The predicted molar refractivity (Wildman–Crippen MR) is 84.9 cm³/mol. The van der Waals surface area contributed by atoms with E-state index in [0.29, 0.717) is 16.5 Å². The van der Waals surface area contributed by atoms with Crippen LogP contribution in [0.1, 0.15) is 11.7 Å². The van der Waals surface area contributed by atoms with Crippen molar-refractivity contribution in [3.05, 3.63) is 54.5 Å². The van der Waals surface area contributed by atoms with Gasteiger partial charge in [-0.25, -0.2) is 9.97 Å². The van der Waals surface area contributed by atoms with E-state index in [0.717, 1.165) is 11.2 Å². The summed E-state index contributed by atoms with van der Waals surface area (Å²) in [6.07, 6.45) is 1.66. The fourth-order valence-electron chi connectivity index (χ4n) is 1.98. The number of hydrogen-bond donors (Lipinski definition) is 2. The zero-order chi connectivity index (χ0) is 14.7. The van der Waals surface area contributed by atoms with Crippen LogP contribution in [0.2, 0.25) is 0 Å². The number of H-pyrrole nitrogens is 1. The quantitative estimate of drug-likeness (QED) is 0.726. The fourth-order valence-corrected chi connectivity index (χ4v) is 2.26. The molecule has 1 unspecified atom stereocenters. The highest BCUT2D eigenvalue weighted by Gasteiger charge is 2.20. The van der Waals surface area contributed by atoms with Gasteiger partial charge in [-0.05, 0) is 24.3 Å². The van der Waals surface area contributed by atoms with E-state index >= 15 is 0 Å². The number of benzene rings is 1. The van der Waals surface area contributed by atoms with Gasteiger partial charge in [-0.15, -0.1) is 0 Å². The van der Waals surface area contributed by atoms with Crippen LogP contribution in [-0.4, -0.2) is 19.9 Å². The van der Waals surface area contributed by atoms with Crippen LogP contribution in [0.15, 0.2) is 48.7 Å². The van der Waals surface area contributed by atoms with Crippen LogP contribution in [0.4, 0.5) is 5.69 Å². The number of aromatic amines is 1. The Labute approximate surface area is 126 Å². The van der Waals surface area contributed by atoms with Crippen LogP contribution in [0, 0.1) is 11.3 Å². The Hall–Kier alpha value is -2.78. The van der Waals surface area contributed by atoms with Crippen molar-refractivity contribution in [1.29, 1.82) is 5.26 Å². The van der Waals surface area contributed by atoms with Crippen LogP contribution in [-0.2, 0) is 0 Å². The number of nitriles is 1. The molecule has 6 heteroatoms. The molecule has 3 aromatic rings. The molecule has 2 N–H and O–H groups in total. The number of pyridine rings is 1. The Morgan fingerprint density at radius 3 is 2.76 bits per heavy atom. The molecular weight excluding hydrogens is 282 g/mol. The van der Waals surface area contributed by atoms with Crippen molar-refractivity contribution >= 4 is 34.1 Å². The van der Waals surface area contributed by atoms with E-state index in [1.165, 1.54) is 0 Å². The van der Waals surface area contributed by atoms with Crippen LogP contribution >= 0.6 is 12.2 Å². The third-order valence-corrected chi connectivity index (χ3v) is 3.32. The lowest BCUT2D eigenvalue weighted by molar-refractivity contribution is 1.01. The number of rotatable bonds is 3. The minimum atomic E-state index is -0.644. The molecule has 102 valence electrons. The minimum absolute atomic E-state index is 0.405. The van der Waals surface area contributed by atoms with Crippen LogP contribution in [0.5, 0.6) is 0 Å². The molecule has 0 fully saturated rings. The summed E-state index contributed by atoms with van der Waals surface area (Å²) in [6.45, 7) is 0. The molecule has 1 aromatic carbocycles. The average Bonchev–Trinajstić information content (AvgIpc) is 2.92. The van der Waals surface area contributed by atoms with Gasteiger partial charge in [0.1, 0.15) is 10.8 Å². The van der Waals surface area contributed by atoms with Gasteiger partial charge in [0.05, 0.1) is 11.6 Å². The first-order valence-corrected chi connectivity index (χ1v) is 6.75. The molecule has 0 radical (unpaired) electrons. The lowest BCUT2D eigenvalue weighted by Gasteiger charge is -2.10. The molecule has 2 heterocycles. The third-order valence-electron chi connectivity index (χ3n) is 2.98. The van der Waals surface area contributed by atoms with Crippen LogP contribution < -0.4 is 5.32 Å². The number of thiocarbonyl (C=S) groups is 1. The Balaban J connectivity index is 1.87. The zero-order valence-electron chi connectivity index (χ0n) is 10.9. The molecule has 0 aliphatic carbocycles. The van der Waals surface area contributed by atoms with Gasteiger partial charge < -0.3 is 10.3 Å². The highest BCUT2D eigenvalue weighted by atomic mass is 32.1. The Morgan fingerprint density at radius 1 is 1.24 bits per heavy atom. The molecular formula is C15H11N5S. The van der Waals surface area contributed by atoms with Crippen molar-refractivity contribution in [2.75, 3.05) is 5.32 Å². The van der Waals surface area contributed by atoms with Gasteiger partial charge in [-0.2, -0.15) is 5.26 Å². The summed E-state index contributed by atoms with van der Waals surface area (Å²) in [5.74, 6) is -0.144. The third kappa shape index (κ3) is 2.73. The fraction of sp³-hybridized carbons (Fsp3) is 0.0667. The van der Waals surface area contributed by atoms with Gasteiger partial charge in [-0.3, -0.25) is 0 Å². The smallest absolute Gasteiger partial charge is 0.177 e. The standard InChI is InChI=1S/C15H11N5S/c16-9-11(15(21)18-10-5-2-1-3-6-10)13-19-12-7-4-8-17-14(12)20-13/h1-8,11H,(H,18,21)(H,17,19,20). The van der Waals surface area contributed by atoms with Crippen LogP contribution in [0.25, 0.3) is 11.2 Å². The Bertz CT molecular complexity index is 786.